The van der Waals surface area contributed by atoms with E-state index in [1.165, 1.54) is 4.68 Å². The van der Waals surface area contributed by atoms with Crippen LogP contribution in [-0.4, -0.2) is 45.1 Å². The minimum atomic E-state index is -1.07. The number of carboxylic acid groups (broad SMARTS) is 1. The third kappa shape index (κ3) is 3.96. The van der Waals surface area contributed by atoms with Crippen molar-refractivity contribution in [2.75, 3.05) is 7.11 Å². The Morgan fingerprint density at radius 1 is 1.32 bits per heavy atom. The van der Waals surface area contributed by atoms with E-state index in [-0.39, 0.29) is 11.6 Å². The molecule has 0 aliphatic rings. The number of hydrogen-bond donors (Lipinski definition) is 2. The maximum Gasteiger partial charge on any atom is 0.326 e. The van der Waals surface area contributed by atoms with Gasteiger partial charge in [-0.1, -0.05) is 25.5 Å². The minimum absolute atomic E-state index is 0.102. The van der Waals surface area contributed by atoms with E-state index < -0.39 is 17.9 Å². The van der Waals surface area contributed by atoms with Gasteiger partial charge in [0.05, 0.1) is 18.5 Å². The SMILES string of the molecule is CC[C@H](C)[C@H](NC(=O)c1nnn(-c2ccc(OC)cc2)c1C)C(=O)O. The van der Waals surface area contributed by atoms with Crippen LogP contribution in [-0.2, 0) is 4.79 Å². The Balaban J connectivity index is 2.24. The number of ether oxygens (including phenoxy) is 1. The first-order chi connectivity index (χ1) is 11.9. The van der Waals surface area contributed by atoms with E-state index in [1.54, 1.807) is 45.2 Å². The smallest absolute Gasteiger partial charge is 0.326 e. The third-order valence-electron chi connectivity index (χ3n) is 4.19. The van der Waals surface area contributed by atoms with Crippen molar-refractivity contribution in [2.45, 2.75) is 33.2 Å². The summed E-state index contributed by atoms with van der Waals surface area (Å²) in [5.74, 6) is -1.11. The quantitative estimate of drug-likeness (QED) is 0.792. The van der Waals surface area contributed by atoms with Crippen LogP contribution >= 0.6 is 0 Å². The molecular formula is C17H22N4O4. The normalized spacial score (nSPS) is 13.1. The molecule has 0 fully saturated rings. The molecule has 8 nitrogen and oxygen atoms in total. The van der Waals surface area contributed by atoms with Gasteiger partial charge in [0.25, 0.3) is 5.91 Å². The first-order valence-electron chi connectivity index (χ1n) is 7.99. The summed E-state index contributed by atoms with van der Waals surface area (Å²) in [4.78, 5) is 23.8. The summed E-state index contributed by atoms with van der Waals surface area (Å²) in [7, 11) is 1.58. The van der Waals surface area contributed by atoms with Crippen LogP contribution in [0.5, 0.6) is 5.75 Å². The zero-order valence-corrected chi connectivity index (χ0v) is 14.7. The Bertz CT molecular complexity index is 755. The maximum atomic E-state index is 12.4. The van der Waals surface area contributed by atoms with Crippen LogP contribution in [0.1, 0.15) is 36.5 Å². The molecule has 2 rings (SSSR count). The van der Waals surface area contributed by atoms with Gasteiger partial charge in [-0.3, -0.25) is 4.79 Å². The molecule has 134 valence electrons. The number of aliphatic carboxylic acids is 1. The van der Waals surface area contributed by atoms with Crippen molar-refractivity contribution in [1.29, 1.82) is 0 Å². The minimum Gasteiger partial charge on any atom is -0.497 e. The summed E-state index contributed by atoms with van der Waals surface area (Å²) in [5, 5.41) is 19.7. The molecule has 0 radical (unpaired) electrons. The first-order valence-corrected chi connectivity index (χ1v) is 7.99. The number of carbonyl (C=O) groups is 2. The van der Waals surface area contributed by atoms with Gasteiger partial charge in [0.2, 0.25) is 0 Å². The number of carboxylic acids is 1. The van der Waals surface area contributed by atoms with Gasteiger partial charge >= 0.3 is 5.97 Å². The molecule has 2 N–H and O–H groups in total. The van der Waals surface area contributed by atoms with Crippen molar-refractivity contribution >= 4 is 11.9 Å². The van der Waals surface area contributed by atoms with E-state index in [2.05, 4.69) is 15.6 Å². The summed E-state index contributed by atoms with van der Waals surface area (Å²) < 4.78 is 6.63. The second-order valence-electron chi connectivity index (χ2n) is 5.81. The molecule has 2 aromatic rings. The predicted molar refractivity (Wildman–Crippen MR) is 91.0 cm³/mol. The summed E-state index contributed by atoms with van der Waals surface area (Å²) in [6, 6.07) is 6.17. The molecule has 25 heavy (non-hydrogen) atoms. The van der Waals surface area contributed by atoms with Crippen LogP contribution in [0.25, 0.3) is 5.69 Å². The predicted octanol–water partition coefficient (Wildman–Crippen LogP) is 1.81. The van der Waals surface area contributed by atoms with Crippen molar-refractivity contribution in [3.05, 3.63) is 35.7 Å². The monoisotopic (exact) mass is 346 g/mol. The van der Waals surface area contributed by atoms with E-state index in [0.29, 0.717) is 17.9 Å². The number of aromatic nitrogens is 3. The molecule has 0 aliphatic carbocycles. The highest BCUT2D eigenvalue weighted by molar-refractivity contribution is 5.95. The molecule has 1 heterocycles. The van der Waals surface area contributed by atoms with Gasteiger partial charge in [0, 0.05) is 0 Å². The summed E-state index contributed by atoms with van der Waals surface area (Å²) >= 11 is 0. The van der Waals surface area contributed by atoms with Crippen LogP contribution in [0.15, 0.2) is 24.3 Å². The first kappa shape index (κ1) is 18.4. The fraction of sp³-hybridized carbons (Fsp3) is 0.412. The number of amides is 1. The molecular weight excluding hydrogens is 324 g/mol. The lowest BCUT2D eigenvalue weighted by Crippen LogP contribution is -2.45. The fourth-order valence-electron chi connectivity index (χ4n) is 2.40. The Hall–Kier alpha value is -2.90. The highest BCUT2D eigenvalue weighted by Crippen LogP contribution is 2.17. The highest BCUT2D eigenvalue weighted by Gasteiger charge is 2.28. The number of methoxy groups -OCH3 is 1. The number of rotatable bonds is 7. The van der Waals surface area contributed by atoms with E-state index in [1.807, 2.05) is 6.92 Å². The molecule has 0 saturated heterocycles. The van der Waals surface area contributed by atoms with Gasteiger partial charge in [0.15, 0.2) is 5.69 Å². The maximum absolute atomic E-state index is 12.4. The molecule has 2 atom stereocenters. The highest BCUT2D eigenvalue weighted by atomic mass is 16.5. The molecule has 0 spiro atoms. The lowest BCUT2D eigenvalue weighted by molar-refractivity contribution is -0.140. The van der Waals surface area contributed by atoms with Crippen LogP contribution in [0, 0.1) is 12.8 Å². The van der Waals surface area contributed by atoms with Gasteiger partial charge in [-0.25, -0.2) is 9.48 Å². The average Bonchev–Trinajstić information content (AvgIpc) is 3.00. The van der Waals surface area contributed by atoms with E-state index in [4.69, 9.17) is 4.74 Å². The van der Waals surface area contributed by atoms with Gasteiger partial charge in [-0.2, -0.15) is 0 Å². The lowest BCUT2D eigenvalue weighted by Gasteiger charge is -2.19. The number of hydrogen-bond acceptors (Lipinski definition) is 5. The molecule has 1 amide bonds. The fourth-order valence-corrected chi connectivity index (χ4v) is 2.40. The van der Waals surface area contributed by atoms with Gasteiger partial charge in [0.1, 0.15) is 11.8 Å². The second-order valence-corrected chi connectivity index (χ2v) is 5.81. The zero-order chi connectivity index (χ0) is 18.6. The molecule has 0 saturated carbocycles. The second kappa shape index (κ2) is 7.78. The van der Waals surface area contributed by atoms with Crippen molar-refractivity contribution in [3.8, 4) is 11.4 Å². The van der Waals surface area contributed by atoms with Crippen molar-refractivity contribution in [3.63, 3.8) is 0 Å². The van der Waals surface area contributed by atoms with E-state index >= 15 is 0 Å². The van der Waals surface area contributed by atoms with Crippen molar-refractivity contribution < 1.29 is 19.4 Å². The summed E-state index contributed by atoms with van der Waals surface area (Å²) in [6.45, 7) is 5.36. The molecule has 1 aromatic carbocycles. The van der Waals surface area contributed by atoms with Crippen LogP contribution < -0.4 is 10.1 Å². The molecule has 8 heteroatoms. The molecule has 0 aliphatic heterocycles. The molecule has 0 bridgehead atoms. The Morgan fingerprint density at radius 2 is 1.96 bits per heavy atom. The Kier molecular flexibility index (Phi) is 5.74. The standard InChI is InChI=1S/C17H22N4O4/c1-5-10(2)14(17(23)24)18-16(22)15-11(3)21(20-19-15)12-6-8-13(25-4)9-7-12/h6-10,14H,5H2,1-4H3,(H,18,22)(H,23,24)/t10-,14-/m0/s1. The average molecular weight is 346 g/mol. The van der Waals surface area contributed by atoms with Crippen molar-refractivity contribution in [2.24, 2.45) is 5.92 Å². The summed E-state index contributed by atoms with van der Waals surface area (Å²) in [5.41, 5.74) is 1.35. The van der Waals surface area contributed by atoms with Gasteiger partial charge in [-0.05, 0) is 37.1 Å². The number of nitrogens with zero attached hydrogens (tertiary/aromatic N) is 3. The summed E-state index contributed by atoms with van der Waals surface area (Å²) in [6.07, 6.45) is 0.634. The van der Waals surface area contributed by atoms with E-state index in [0.717, 1.165) is 5.69 Å². The Labute approximate surface area is 145 Å². The third-order valence-corrected chi connectivity index (χ3v) is 4.19. The topological polar surface area (TPSA) is 106 Å². The van der Waals surface area contributed by atoms with Crippen LogP contribution in [0.3, 0.4) is 0 Å². The number of carbonyl (C=O) groups excluding carboxylic acids is 1. The van der Waals surface area contributed by atoms with Gasteiger partial charge in [-0.15, -0.1) is 5.10 Å². The van der Waals surface area contributed by atoms with Crippen LogP contribution in [0.2, 0.25) is 0 Å². The Morgan fingerprint density at radius 3 is 2.48 bits per heavy atom. The largest absolute Gasteiger partial charge is 0.497 e. The molecule has 1 aromatic heterocycles. The van der Waals surface area contributed by atoms with Gasteiger partial charge < -0.3 is 15.2 Å². The lowest BCUT2D eigenvalue weighted by atomic mass is 9.99. The number of benzene rings is 1. The zero-order valence-electron chi connectivity index (χ0n) is 14.7. The van der Waals surface area contributed by atoms with Crippen LogP contribution in [0.4, 0.5) is 0 Å². The molecule has 0 unspecified atom stereocenters. The van der Waals surface area contributed by atoms with E-state index in [9.17, 15) is 14.7 Å². The number of nitrogens with one attached hydrogen (secondary N) is 1. The van der Waals surface area contributed by atoms with Crippen molar-refractivity contribution in [1.82, 2.24) is 20.3 Å².